The van der Waals surface area contributed by atoms with E-state index in [2.05, 4.69) is 37.5 Å². The predicted molar refractivity (Wildman–Crippen MR) is 86.4 cm³/mol. The minimum atomic E-state index is 0.836. The highest BCUT2D eigenvalue weighted by molar-refractivity contribution is 4.83. The zero-order valence-corrected chi connectivity index (χ0v) is 12.4. The van der Waals surface area contributed by atoms with E-state index in [4.69, 9.17) is 4.74 Å². The van der Waals surface area contributed by atoms with Gasteiger partial charge in [0, 0.05) is 0 Å². The summed E-state index contributed by atoms with van der Waals surface area (Å²) in [6, 6.07) is 0. The Hall–Kier alpha value is -1.08. The molecule has 0 fully saturated rings. The molecule has 0 saturated carbocycles. The van der Waals surface area contributed by atoms with Crippen molar-refractivity contribution in [1.29, 1.82) is 0 Å². The molecule has 0 aliphatic rings. The van der Waals surface area contributed by atoms with Crippen molar-refractivity contribution < 1.29 is 4.74 Å². The number of unbranched alkanes of at least 4 members (excludes halogenated alkanes) is 4. The van der Waals surface area contributed by atoms with Crippen LogP contribution < -0.4 is 0 Å². The maximum atomic E-state index is 5.55. The summed E-state index contributed by atoms with van der Waals surface area (Å²) in [6.45, 7) is 9.09. The van der Waals surface area contributed by atoms with Crippen LogP contribution in [0.3, 0.4) is 0 Å². The van der Waals surface area contributed by atoms with Crippen molar-refractivity contribution in [3.8, 4) is 0 Å². The Morgan fingerprint density at radius 1 is 0.579 bits per heavy atom. The smallest absolute Gasteiger partial charge is 0.0500 e. The Labute approximate surface area is 119 Å². The van der Waals surface area contributed by atoms with Crippen LogP contribution >= 0.6 is 0 Å². The van der Waals surface area contributed by atoms with E-state index in [9.17, 15) is 0 Å². The Balaban J connectivity index is 3.13. The molecule has 1 heteroatoms. The largest absolute Gasteiger partial charge is 0.381 e. The third kappa shape index (κ3) is 16.9. The molecule has 0 bridgehead atoms. The Morgan fingerprint density at radius 3 is 1.42 bits per heavy atom. The van der Waals surface area contributed by atoms with Crippen molar-refractivity contribution in [2.24, 2.45) is 0 Å². The molecular formula is C18H30O. The molecule has 0 aromatic rings. The molecule has 108 valence electrons. The molecule has 0 rings (SSSR count). The summed E-state index contributed by atoms with van der Waals surface area (Å²) in [7, 11) is 0. The van der Waals surface area contributed by atoms with Crippen molar-refractivity contribution >= 4 is 0 Å². The summed E-state index contributed by atoms with van der Waals surface area (Å²) in [6.07, 6.45) is 21.9. The third-order valence-corrected chi connectivity index (χ3v) is 2.75. The molecule has 1 nitrogen and oxygen atoms in total. The number of hydrogen-bond acceptors (Lipinski definition) is 1. The standard InChI is InChI=1S/C18H30O/c1-3-5-7-9-11-13-15-17-19-18-16-14-12-10-8-6-4-2/h3-4,11-14H,1-2,5-10,15-18H2. The van der Waals surface area contributed by atoms with E-state index >= 15 is 0 Å². The lowest BCUT2D eigenvalue weighted by molar-refractivity contribution is 0.143. The lowest BCUT2D eigenvalue weighted by Crippen LogP contribution is -1.94. The SMILES string of the molecule is C=CCCCC=CCCOCCC=CCCCC=C. The van der Waals surface area contributed by atoms with Crippen molar-refractivity contribution in [2.45, 2.75) is 51.4 Å². The normalized spacial score (nSPS) is 11.4. The average Bonchev–Trinajstić information content (AvgIpc) is 2.43. The molecule has 0 atom stereocenters. The van der Waals surface area contributed by atoms with Gasteiger partial charge in [0.1, 0.15) is 0 Å². The maximum Gasteiger partial charge on any atom is 0.0500 e. The van der Waals surface area contributed by atoms with Gasteiger partial charge in [0.15, 0.2) is 0 Å². The van der Waals surface area contributed by atoms with Gasteiger partial charge >= 0.3 is 0 Å². The highest BCUT2D eigenvalue weighted by atomic mass is 16.5. The van der Waals surface area contributed by atoms with Crippen LogP contribution in [0.2, 0.25) is 0 Å². The fraction of sp³-hybridized carbons (Fsp3) is 0.556. The van der Waals surface area contributed by atoms with Gasteiger partial charge in [0.2, 0.25) is 0 Å². The van der Waals surface area contributed by atoms with Crippen molar-refractivity contribution in [3.63, 3.8) is 0 Å². The quantitative estimate of drug-likeness (QED) is 0.292. The molecular weight excluding hydrogens is 232 g/mol. The summed E-state index contributed by atoms with van der Waals surface area (Å²) in [5, 5.41) is 0. The molecule has 0 heterocycles. The highest BCUT2D eigenvalue weighted by Gasteiger charge is 1.85. The van der Waals surface area contributed by atoms with E-state index < -0.39 is 0 Å². The Kier molecular flexibility index (Phi) is 16.0. The first-order valence-electron chi connectivity index (χ1n) is 7.51. The van der Waals surface area contributed by atoms with Crippen LogP contribution in [0.4, 0.5) is 0 Å². The number of rotatable bonds is 14. The third-order valence-electron chi connectivity index (χ3n) is 2.75. The van der Waals surface area contributed by atoms with Gasteiger partial charge in [-0.25, -0.2) is 0 Å². The van der Waals surface area contributed by atoms with Crippen molar-refractivity contribution in [1.82, 2.24) is 0 Å². The van der Waals surface area contributed by atoms with E-state index in [0.29, 0.717) is 0 Å². The summed E-state index contributed by atoms with van der Waals surface area (Å²) >= 11 is 0. The monoisotopic (exact) mass is 262 g/mol. The minimum absolute atomic E-state index is 0.836. The van der Waals surface area contributed by atoms with E-state index in [1.807, 2.05) is 12.2 Å². The molecule has 0 radical (unpaired) electrons. The van der Waals surface area contributed by atoms with Gasteiger partial charge in [-0.15, -0.1) is 13.2 Å². The van der Waals surface area contributed by atoms with E-state index in [-0.39, 0.29) is 0 Å². The molecule has 0 aliphatic heterocycles. The van der Waals surface area contributed by atoms with Gasteiger partial charge < -0.3 is 4.74 Å². The fourth-order valence-electron chi connectivity index (χ4n) is 1.64. The lowest BCUT2D eigenvalue weighted by atomic mass is 10.2. The first-order valence-corrected chi connectivity index (χ1v) is 7.51. The Morgan fingerprint density at radius 2 is 1.00 bits per heavy atom. The van der Waals surface area contributed by atoms with Crippen molar-refractivity contribution in [2.75, 3.05) is 13.2 Å². The number of allylic oxidation sites excluding steroid dienone is 4. The first kappa shape index (κ1) is 17.9. The van der Waals surface area contributed by atoms with Gasteiger partial charge in [0.05, 0.1) is 13.2 Å². The highest BCUT2D eigenvalue weighted by Crippen LogP contribution is 1.99. The van der Waals surface area contributed by atoms with Crippen LogP contribution in [0, 0.1) is 0 Å². The lowest BCUT2D eigenvalue weighted by Gasteiger charge is -1.99. The maximum absolute atomic E-state index is 5.55. The van der Waals surface area contributed by atoms with Crippen LogP contribution in [0.5, 0.6) is 0 Å². The van der Waals surface area contributed by atoms with E-state index in [0.717, 1.165) is 51.7 Å². The molecule has 19 heavy (non-hydrogen) atoms. The second-order valence-corrected chi connectivity index (χ2v) is 4.57. The number of hydrogen-bond donors (Lipinski definition) is 0. The van der Waals surface area contributed by atoms with Crippen LogP contribution in [-0.4, -0.2) is 13.2 Å². The summed E-state index contributed by atoms with van der Waals surface area (Å²) in [5.74, 6) is 0. The van der Waals surface area contributed by atoms with Gasteiger partial charge in [-0.1, -0.05) is 36.5 Å². The van der Waals surface area contributed by atoms with Gasteiger partial charge in [-0.05, 0) is 51.4 Å². The minimum Gasteiger partial charge on any atom is -0.381 e. The molecule has 0 saturated heterocycles. The van der Waals surface area contributed by atoms with Crippen molar-refractivity contribution in [3.05, 3.63) is 49.6 Å². The summed E-state index contributed by atoms with van der Waals surface area (Å²) < 4.78 is 5.55. The zero-order chi connectivity index (χ0) is 14.0. The average molecular weight is 262 g/mol. The van der Waals surface area contributed by atoms with Crippen LogP contribution in [-0.2, 0) is 4.74 Å². The summed E-state index contributed by atoms with van der Waals surface area (Å²) in [4.78, 5) is 0. The molecule has 0 amide bonds. The second-order valence-electron chi connectivity index (χ2n) is 4.57. The van der Waals surface area contributed by atoms with Crippen LogP contribution in [0.1, 0.15) is 51.4 Å². The zero-order valence-electron chi connectivity index (χ0n) is 12.4. The van der Waals surface area contributed by atoms with E-state index in [1.165, 1.54) is 12.8 Å². The fourth-order valence-corrected chi connectivity index (χ4v) is 1.64. The Bertz CT molecular complexity index is 224. The van der Waals surface area contributed by atoms with Gasteiger partial charge in [0.25, 0.3) is 0 Å². The molecule has 0 aromatic heterocycles. The van der Waals surface area contributed by atoms with Gasteiger partial charge in [-0.2, -0.15) is 0 Å². The molecule has 0 N–H and O–H groups in total. The molecule has 0 unspecified atom stereocenters. The van der Waals surface area contributed by atoms with Gasteiger partial charge in [-0.3, -0.25) is 0 Å². The topological polar surface area (TPSA) is 9.23 Å². The number of ether oxygens (including phenoxy) is 1. The predicted octanol–water partition coefficient (Wildman–Crippen LogP) is 5.61. The molecule has 0 aromatic carbocycles. The first-order chi connectivity index (χ1) is 9.41. The van der Waals surface area contributed by atoms with Crippen LogP contribution in [0.25, 0.3) is 0 Å². The second kappa shape index (κ2) is 16.9. The summed E-state index contributed by atoms with van der Waals surface area (Å²) in [5.41, 5.74) is 0. The van der Waals surface area contributed by atoms with Crippen LogP contribution in [0.15, 0.2) is 49.6 Å². The molecule has 0 spiro atoms. The van der Waals surface area contributed by atoms with E-state index in [1.54, 1.807) is 0 Å². The molecule has 0 aliphatic carbocycles.